The zero-order valence-corrected chi connectivity index (χ0v) is 11.5. The van der Waals surface area contributed by atoms with Crippen LogP contribution >= 0.6 is 0 Å². The Labute approximate surface area is 105 Å². The molecule has 17 heavy (non-hydrogen) atoms. The van der Waals surface area contributed by atoms with Crippen molar-refractivity contribution in [1.82, 2.24) is 15.1 Å². The lowest BCUT2D eigenvalue weighted by Gasteiger charge is -2.25. The molecule has 0 spiro atoms. The fourth-order valence-corrected chi connectivity index (χ4v) is 3.27. The third-order valence-electron chi connectivity index (χ3n) is 4.52. The Morgan fingerprint density at radius 3 is 2.82 bits per heavy atom. The smallest absolute Gasteiger partial charge is 0.0547 e. The number of rotatable bonds is 4. The molecule has 3 heteroatoms. The summed E-state index contributed by atoms with van der Waals surface area (Å²) in [5.41, 5.74) is 1.28. The standard InChI is InChI=1S/C14H25N3/c1-5-12-6-7-13(10(12)2)16-11(3)14-8-9-15-17(14)4/h8-13,16H,5-7H2,1-4H3. The molecule has 0 aliphatic heterocycles. The third-order valence-corrected chi connectivity index (χ3v) is 4.52. The lowest BCUT2D eigenvalue weighted by atomic mass is 9.93. The van der Waals surface area contributed by atoms with E-state index in [9.17, 15) is 0 Å². The summed E-state index contributed by atoms with van der Waals surface area (Å²) >= 11 is 0. The molecule has 1 aliphatic carbocycles. The summed E-state index contributed by atoms with van der Waals surface area (Å²) < 4.78 is 1.97. The van der Waals surface area contributed by atoms with Gasteiger partial charge in [-0.25, -0.2) is 0 Å². The predicted molar refractivity (Wildman–Crippen MR) is 70.7 cm³/mol. The maximum Gasteiger partial charge on any atom is 0.0547 e. The van der Waals surface area contributed by atoms with Crippen LogP contribution < -0.4 is 5.32 Å². The minimum atomic E-state index is 0.394. The zero-order chi connectivity index (χ0) is 12.4. The molecule has 0 bridgehead atoms. The van der Waals surface area contributed by atoms with Crippen molar-refractivity contribution < 1.29 is 0 Å². The predicted octanol–water partition coefficient (Wildman–Crippen LogP) is 2.90. The number of nitrogens with one attached hydrogen (secondary N) is 1. The van der Waals surface area contributed by atoms with Gasteiger partial charge in [-0.2, -0.15) is 5.10 Å². The number of aryl methyl sites for hydroxylation is 1. The normalized spacial score (nSPS) is 30.7. The summed E-state index contributed by atoms with van der Waals surface area (Å²) in [4.78, 5) is 0. The second-order valence-corrected chi connectivity index (χ2v) is 5.48. The Kier molecular flexibility index (Phi) is 3.87. The van der Waals surface area contributed by atoms with Gasteiger partial charge in [0, 0.05) is 25.3 Å². The summed E-state index contributed by atoms with van der Waals surface area (Å²) in [6.07, 6.45) is 5.90. The van der Waals surface area contributed by atoms with Crippen molar-refractivity contribution in [2.45, 2.75) is 52.1 Å². The van der Waals surface area contributed by atoms with Crippen molar-refractivity contribution >= 4 is 0 Å². The van der Waals surface area contributed by atoms with E-state index in [2.05, 4.69) is 37.3 Å². The average molecular weight is 235 g/mol. The Morgan fingerprint density at radius 1 is 1.53 bits per heavy atom. The molecule has 4 unspecified atom stereocenters. The van der Waals surface area contributed by atoms with E-state index in [-0.39, 0.29) is 0 Å². The number of nitrogens with zero attached hydrogens (tertiary/aromatic N) is 2. The molecule has 1 heterocycles. The first-order chi connectivity index (χ1) is 8.13. The van der Waals surface area contributed by atoms with E-state index >= 15 is 0 Å². The second-order valence-electron chi connectivity index (χ2n) is 5.48. The van der Waals surface area contributed by atoms with Crippen LogP contribution in [0, 0.1) is 11.8 Å². The van der Waals surface area contributed by atoms with Crippen LogP contribution in [0.25, 0.3) is 0 Å². The summed E-state index contributed by atoms with van der Waals surface area (Å²) in [7, 11) is 2.01. The SMILES string of the molecule is CCC1CCC(NC(C)c2ccnn2C)C1C. The number of hydrogen-bond donors (Lipinski definition) is 1. The van der Waals surface area contributed by atoms with Crippen LogP contribution in [0.1, 0.15) is 51.8 Å². The van der Waals surface area contributed by atoms with E-state index in [0.717, 1.165) is 11.8 Å². The number of hydrogen-bond acceptors (Lipinski definition) is 2. The second kappa shape index (κ2) is 5.21. The summed E-state index contributed by atoms with van der Waals surface area (Å²) in [6, 6.07) is 3.17. The molecule has 96 valence electrons. The molecule has 4 atom stereocenters. The van der Waals surface area contributed by atoms with E-state index < -0.39 is 0 Å². The molecule has 0 amide bonds. The summed E-state index contributed by atoms with van der Waals surface area (Å²) in [5, 5.41) is 8.01. The van der Waals surface area contributed by atoms with Crippen molar-refractivity contribution in [3.63, 3.8) is 0 Å². The van der Waals surface area contributed by atoms with Gasteiger partial charge in [0.05, 0.1) is 5.69 Å². The van der Waals surface area contributed by atoms with Gasteiger partial charge >= 0.3 is 0 Å². The lowest BCUT2D eigenvalue weighted by molar-refractivity contribution is 0.323. The molecule has 1 aromatic rings. The molecule has 2 rings (SSSR count). The van der Waals surface area contributed by atoms with Crippen LogP contribution in [0.3, 0.4) is 0 Å². The highest BCUT2D eigenvalue weighted by molar-refractivity contribution is 5.06. The summed E-state index contributed by atoms with van der Waals surface area (Å²) in [6.45, 7) is 6.95. The van der Waals surface area contributed by atoms with E-state index in [1.165, 1.54) is 25.0 Å². The van der Waals surface area contributed by atoms with Gasteiger partial charge in [0.15, 0.2) is 0 Å². The van der Waals surface area contributed by atoms with Crippen LogP contribution in [-0.2, 0) is 7.05 Å². The van der Waals surface area contributed by atoms with Crippen molar-refractivity contribution in [3.05, 3.63) is 18.0 Å². The van der Waals surface area contributed by atoms with E-state index in [4.69, 9.17) is 0 Å². The molecule has 0 saturated heterocycles. The summed E-state index contributed by atoms with van der Waals surface area (Å²) in [5.74, 6) is 1.71. The zero-order valence-electron chi connectivity index (χ0n) is 11.5. The van der Waals surface area contributed by atoms with Gasteiger partial charge in [0.2, 0.25) is 0 Å². The van der Waals surface area contributed by atoms with Crippen LogP contribution in [0.4, 0.5) is 0 Å². The fourth-order valence-electron chi connectivity index (χ4n) is 3.27. The first-order valence-corrected chi connectivity index (χ1v) is 6.87. The minimum Gasteiger partial charge on any atom is -0.306 e. The van der Waals surface area contributed by atoms with Gasteiger partial charge in [0.1, 0.15) is 0 Å². The molecule has 0 radical (unpaired) electrons. The van der Waals surface area contributed by atoms with Gasteiger partial charge in [0.25, 0.3) is 0 Å². The van der Waals surface area contributed by atoms with Gasteiger partial charge in [-0.3, -0.25) is 4.68 Å². The van der Waals surface area contributed by atoms with E-state index in [1.807, 2.05) is 17.9 Å². The number of aromatic nitrogens is 2. The van der Waals surface area contributed by atoms with Crippen molar-refractivity contribution in [2.24, 2.45) is 18.9 Å². The molecule has 1 saturated carbocycles. The van der Waals surface area contributed by atoms with Gasteiger partial charge in [-0.05, 0) is 37.7 Å². The molecular weight excluding hydrogens is 210 g/mol. The molecule has 1 aliphatic rings. The van der Waals surface area contributed by atoms with E-state index in [0.29, 0.717) is 12.1 Å². The van der Waals surface area contributed by atoms with Gasteiger partial charge in [-0.15, -0.1) is 0 Å². The molecular formula is C14H25N3. The topological polar surface area (TPSA) is 29.9 Å². The molecule has 1 aromatic heterocycles. The highest BCUT2D eigenvalue weighted by Gasteiger charge is 2.32. The largest absolute Gasteiger partial charge is 0.306 e. The van der Waals surface area contributed by atoms with Crippen LogP contribution in [0.5, 0.6) is 0 Å². The van der Waals surface area contributed by atoms with Crippen molar-refractivity contribution in [2.75, 3.05) is 0 Å². The monoisotopic (exact) mass is 235 g/mol. The van der Waals surface area contributed by atoms with E-state index in [1.54, 1.807) is 0 Å². The lowest BCUT2D eigenvalue weighted by Crippen LogP contribution is -2.35. The first kappa shape index (κ1) is 12.6. The molecule has 1 fully saturated rings. The average Bonchev–Trinajstić information content (AvgIpc) is 2.87. The fraction of sp³-hybridized carbons (Fsp3) is 0.786. The Balaban J connectivity index is 1.96. The third kappa shape index (κ3) is 2.54. The first-order valence-electron chi connectivity index (χ1n) is 6.87. The molecule has 1 N–H and O–H groups in total. The maximum atomic E-state index is 4.24. The van der Waals surface area contributed by atoms with Crippen LogP contribution in [0.2, 0.25) is 0 Å². The molecule has 3 nitrogen and oxygen atoms in total. The highest BCUT2D eigenvalue weighted by atomic mass is 15.3. The highest BCUT2D eigenvalue weighted by Crippen LogP contribution is 2.34. The van der Waals surface area contributed by atoms with Gasteiger partial charge in [-0.1, -0.05) is 20.3 Å². The Morgan fingerprint density at radius 2 is 2.29 bits per heavy atom. The Hall–Kier alpha value is -0.830. The van der Waals surface area contributed by atoms with Crippen molar-refractivity contribution in [3.8, 4) is 0 Å². The van der Waals surface area contributed by atoms with Gasteiger partial charge < -0.3 is 5.32 Å². The maximum absolute atomic E-state index is 4.24. The Bertz CT molecular complexity index is 358. The minimum absolute atomic E-state index is 0.394. The molecule has 0 aromatic carbocycles. The van der Waals surface area contributed by atoms with Crippen LogP contribution in [-0.4, -0.2) is 15.8 Å². The van der Waals surface area contributed by atoms with Crippen molar-refractivity contribution in [1.29, 1.82) is 0 Å². The quantitative estimate of drug-likeness (QED) is 0.869. The van der Waals surface area contributed by atoms with Crippen LogP contribution in [0.15, 0.2) is 12.3 Å².